The van der Waals surface area contributed by atoms with Crippen molar-refractivity contribution in [3.8, 4) is 11.1 Å². The minimum absolute atomic E-state index is 0.0410. The largest absolute Gasteiger partial charge is 0.465 e. The monoisotopic (exact) mass is 589 g/mol. The first kappa shape index (κ1) is 27.9. The Morgan fingerprint density at radius 3 is 2.48 bits per heavy atom. The summed E-state index contributed by atoms with van der Waals surface area (Å²) in [6.07, 6.45) is 3.66. The van der Waals surface area contributed by atoms with Gasteiger partial charge in [0, 0.05) is 43.0 Å². The molecule has 2 fully saturated rings. The molecule has 12 heteroatoms. The zero-order valence-electron chi connectivity index (χ0n) is 23.1. The van der Waals surface area contributed by atoms with Crippen LogP contribution in [0.1, 0.15) is 41.6 Å². The number of sulfone groups is 1. The Hall–Kier alpha value is -4.29. The summed E-state index contributed by atoms with van der Waals surface area (Å²) in [4.78, 5) is 31.0. The van der Waals surface area contributed by atoms with Crippen molar-refractivity contribution in [3.63, 3.8) is 0 Å². The fraction of sp³-hybridized carbons (Fsp3) is 0.333. The number of aromatic nitrogens is 3. The van der Waals surface area contributed by atoms with E-state index in [-0.39, 0.29) is 45.8 Å². The Bertz CT molecular complexity index is 1760. The van der Waals surface area contributed by atoms with Crippen molar-refractivity contribution in [2.75, 3.05) is 24.7 Å². The van der Waals surface area contributed by atoms with Gasteiger partial charge in [0.05, 0.1) is 11.1 Å². The highest BCUT2D eigenvalue weighted by atomic mass is 32.2. The predicted molar refractivity (Wildman–Crippen MR) is 154 cm³/mol. The Balaban J connectivity index is 1.48. The third-order valence-electron chi connectivity index (χ3n) is 7.74. The van der Waals surface area contributed by atoms with Crippen molar-refractivity contribution in [1.82, 2.24) is 19.9 Å². The minimum Gasteiger partial charge on any atom is -0.465 e. The summed E-state index contributed by atoms with van der Waals surface area (Å²) >= 11 is 0. The Kier molecular flexibility index (Phi) is 7.42. The van der Waals surface area contributed by atoms with E-state index in [4.69, 9.17) is 4.74 Å². The highest BCUT2D eigenvalue weighted by Gasteiger charge is 2.30. The van der Waals surface area contributed by atoms with Crippen LogP contribution in [0.3, 0.4) is 0 Å². The molecule has 11 nitrogen and oxygen atoms in total. The summed E-state index contributed by atoms with van der Waals surface area (Å²) in [7, 11) is -4.10. The van der Waals surface area contributed by atoms with Crippen LogP contribution < -0.4 is 10.2 Å². The molecule has 2 N–H and O–H groups in total. The summed E-state index contributed by atoms with van der Waals surface area (Å²) in [5.74, 6) is -0.0144. The van der Waals surface area contributed by atoms with Gasteiger partial charge in [0.25, 0.3) is 5.91 Å². The van der Waals surface area contributed by atoms with Gasteiger partial charge in [-0.3, -0.25) is 9.69 Å². The molecule has 218 valence electrons. The topological polar surface area (TPSA) is 143 Å². The van der Waals surface area contributed by atoms with E-state index in [0.717, 1.165) is 23.3 Å². The average Bonchev–Trinajstić information content (AvgIpc) is 3.70. The van der Waals surface area contributed by atoms with Crippen molar-refractivity contribution in [2.45, 2.75) is 48.6 Å². The van der Waals surface area contributed by atoms with Crippen LogP contribution >= 0.6 is 0 Å². The molecule has 0 bridgehead atoms. The van der Waals surface area contributed by atoms with Crippen LogP contribution in [-0.2, 0) is 14.6 Å². The molecule has 1 aliphatic carbocycles. The zero-order valence-corrected chi connectivity index (χ0v) is 23.9. The first-order valence-corrected chi connectivity index (χ1v) is 15.4. The number of anilines is 1. The van der Waals surface area contributed by atoms with Crippen molar-refractivity contribution >= 4 is 33.3 Å². The number of carboxylic acid groups (broad SMARTS) is 1. The number of nitrogens with zero attached hydrogens (tertiary/aromatic N) is 4. The highest BCUT2D eigenvalue weighted by Crippen LogP contribution is 2.32. The Morgan fingerprint density at radius 1 is 1.07 bits per heavy atom. The second-order valence-electron chi connectivity index (χ2n) is 10.8. The molecule has 2 amide bonds. The third kappa shape index (κ3) is 5.47. The van der Waals surface area contributed by atoms with Crippen molar-refractivity contribution < 1.29 is 27.9 Å². The minimum atomic E-state index is -4.10. The van der Waals surface area contributed by atoms with Gasteiger partial charge in [-0.2, -0.15) is 9.61 Å². The predicted octanol–water partition coefficient (Wildman–Crippen LogP) is 4.34. The number of nitrogens with one attached hydrogen (secondary N) is 1. The second-order valence-corrected chi connectivity index (χ2v) is 12.7. The summed E-state index contributed by atoms with van der Waals surface area (Å²) in [6, 6.07) is 14.7. The number of hydrogen-bond donors (Lipinski definition) is 2. The van der Waals surface area contributed by atoms with E-state index in [1.54, 1.807) is 30.3 Å². The van der Waals surface area contributed by atoms with Gasteiger partial charge in [0.2, 0.25) is 9.84 Å². The number of hydrogen-bond acceptors (Lipinski definition) is 7. The number of aryl methyl sites for hydroxylation is 1. The fourth-order valence-electron chi connectivity index (χ4n) is 5.21. The molecule has 1 saturated heterocycles. The number of carbonyl (C=O) groups is 2. The van der Waals surface area contributed by atoms with Crippen LogP contribution in [0.25, 0.3) is 16.8 Å². The standard InChI is InChI=1S/C30H31N5O6S/c1-19-15-21(7-10-24(19)29(36)32-22-8-9-22)25-17-31-35-27(34(30(37)38)18-20-11-13-41-14-12-20)16-26(33-28(25)35)42(39,40)23-5-3-2-4-6-23/h2-7,10,15-17,20,22H,8-9,11-14,18H2,1H3,(H,32,36)(H,37,38). The molecular weight excluding hydrogens is 558 g/mol. The van der Waals surface area contributed by atoms with E-state index in [0.29, 0.717) is 42.7 Å². The summed E-state index contributed by atoms with van der Waals surface area (Å²) in [6.45, 7) is 3.07. The maximum Gasteiger partial charge on any atom is 0.413 e. The maximum absolute atomic E-state index is 13.7. The molecule has 0 unspecified atom stereocenters. The van der Waals surface area contributed by atoms with Gasteiger partial charge in [-0.25, -0.2) is 18.2 Å². The number of ether oxygens (including phenoxy) is 1. The molecular formula is C30H31N5O6S. The maximum atomic E-state index is 13.7. The molecule has 4 aromatic rings. The third-order valence-corrected chi connectivity index (χ3v) is 9.39. The average molecular weight is 590 g/mol. The van der Waals surface area contributed by atoms with E-state index in [9.17, 15) is 23.1 Å². The van der Waals surface area contributed by atoms with Crippen molar-refractivity contribution in [2.24, 2.45) is 5.92 Å². The van der Waals surface area contributed by atoms with Crippen LogP contribution in [0, 0.1) is 12.8 Å². The lowest BCUT2D eigenvalue weighted by Crippen LogP contribution is -2.37. The fourth-order valence-corrected chi connectivity index (χ4v) is 6.44. The molecule has 2 aromatic carbocycles. The molecule has 42 heavy (non-hydrogen) atoms. The SMILES string of the molecule is Cc1cc(-c2cnn3c(N(CC4CCOCC4)C(=O)O)cc(S(=O)(=O)c4ccccc4)nc23)ccc1C(=O)NC1CC1. The van der Waals surface area contributed by atoms with Crippen LogP contribution in [0.5, 0.6) is 0 Å². The molecule has 0 atom stereocenters. The lowest BCUT2D eigenvalue weighted by Gasteiger charge is -2.28. The van der Waals surface area contributed by atoms with E-state index >= 15 is 0 Å². The van der Waals surface area contributed by atoms with Gasteiger partial charge in [-0.05, 0) is 67.9 Å². The van der Waals surface area contributed by atoms with Gasteiger partial charge in [-0.15, -0.1) is 0 Å². The lowest BCUT2D eigenvalue weighted by atomic mass is 10.00. The van der Waals surface area contributed by atoms with Crippen LogP contribution in [0.4, 0.5) is 10.6 Å². The number of rotatable bonds is 8. The molecule has 3 heterocycles. The highest BCUT2D eigenvalue weighted by molar-refractivity contribution is 7.91. The van der Waals surface area contributed by atoms with E-state index in [1.165, 1.54) is 28.9 Å². The zero-order chi connectivity index (χ0) is 29.4. The summed E-state index contributed by atoms with van der Waals surface area (Å²) < 4.78 is 34.3. The van der Waals surface area contributed by atoms with Crippen molar-refractivity contribution in [3.05, 3.63) is 71.9 Å². The van der Waals surface area contributed by atoms with Crippen LogP contribution in [0.15, 0.2) is 70.7 Å². The van der Waals surface area contributed by atoms with Crippen LogP contribution in [-0.4, -0.2) is 65.9 Å². The quantitative estimate of drug-likeness (QED) is 0.289. The number of benzene rings is 2. The molecule has 1 aliphatic heterocycles. The molecule has 0 spiro atoms. The number of carbonyl (C=O) groups excluding carboxylic acids is 1. The summed E-state index contributed by atoms with van der Waals surface area (Å²) in [5, 5.41) is 17.5. The van der Waals surface area contributed by atoms with E-state index in [1.807, 2.05) is 13.0 Å². The second kappa shape index (κ2) is 11.2. The first-order valence-electron chi connectivity index (χ1n) is 13.9. The molecule has 0 radical (unpaired) electrons. The van der Waals surface area contributed by atoms with Gasteiger partial charge < -0.3 is 15.2 Å². The number of amides is 2. The molecule has 2 aliphatic rings. The van der Waals surface area contributed by atoms with Gasteiger partial charge in [0.1, 0.15) is 5.82 Å². The van der Waals surface area contributed by atoms with E-state index in [2.05, 4.69) is 15.4 Å². The van der Waals surface area contributed by atoms with Crippen molar-refractivity contribution in [1.29, 1.82) is 0 Å². The summed E-state index contributed by atoms with van der Waals surface area (Å²) in [5.41, 5.74) is 2.66. The van der Waals surface area contributed by atoms with Gasteiger partial charge in [-0.1, -0.05) is 30.3 Å². The van der Waals surface area contributed by atoms with E-state index < -0.39 is 15.9 Å². The molecule has 2 aromatic heterocycles. The van der Waals surface area contributed by atoms with Crippen LogP contribution in [0.2, 0.25) is 0 Å². The Labute approximate surface area is 243 Å². The smallest absolute Gasteiger partial charge is 0.413 e. The number of fused-ring (bicyclic) bond motifs is 1. The first-order chi connectivity index (χ1) is 20.2. The molecule has 1 saturated carbocycles. The normalized spacial score (nSPS) is 15.9. The molecule has 6 rings (SSSR count). The lowest BCUT2D eigenvalue weighted by molar-refractivity contribution is 0.0680. The van der Waals surface area contributed by atoms with Gasteiger partial charge in [0.15, 0.2) is 10.7 Å². The Morgan fingerprint density at radius 2 is 1.81 bits per heavy atom. The van der Waals surface area contributed by atoms with Gasteiger partial charge >= 0.3 is 6.09 Å².